The molecule has 1 amide bonds. The molecule has 0 saturated heterocycles. The number of amides is 1. The molecule has 0 fully saturated rings. The summed E-state index contributed by atoms with van der Waals surface area (Å²) in [6, 6.07) is 13.6. The Hall–Kier alpha value is -2.73. The Morgan fingerprint density at radius 1 is 1.16 bits per heavy atom. The monoisotopic (exact) mass is 363 g/mol. The van der Waals surface area contributed by atoms with Gasteiger partial charge in [0.25, 0.3) is 5.91 Å². The van der Waals surface area contributed by atoms with Crippen LogP contribution in [0.3, 0.4) is 0 Å². The lowest BCUT2D eigenvalue weighted by Gasteiger charge is -2.15. The number of hydrogen-bond acceptors (Lipinski definition) is 5. The zero-order valence-electron chi connectivity index (χ0n) is 13.8. The van der Waals surface area contributed by atoms with E-state index >= 15 is 0 Å². The molecule has 25 heavy (non-hydrogen) atoms. The topological polar surface area (TPSA) is 73.9 Å². The highest BCUT2D eigenvalue weighted by atomic mass is 35.5. The number of nitrogens with one attached hydrogen (secondary N) is 1. The number of benzene rings is 2. The molecule has 0 aliphatic heterocycles. The van der Waals surface area contributed by atoms with Gasteiger partial charge < -0.3 is 19.5 Å². The number of hydrogen-bond donors (Lipinski definition) is 1. The van der Waals surface area contributed by atoms with Crippen LogP contribution in [0.1, 0.15) is 6.92 Å². The van der Waals surface area contributed by atoms with Crippen LogP contribution in [0.2, 0.25) is 5.02 Å². The summed E-state index contributed by atoms with van der Waals surface area (Å²) in [7, 11) is 1.50. The van der Waals surface area contributed by atoms with E-state index in [1.807, 2.05) is 0 Å². The molecule has 2 aromatic carbocycles. The van der Waals surface area contributed by atoms with E-state index in [9.17, 15) is 9.59 Å². The molecule has 7 heteroatoms. The number of methoxy groups -OCH3 is 1. The fourth-order valence-corrected chi connectivity index (χ4v) is 2.15. The minimum Gasteiger partial charge on any atom is -0.495 e. The van der Waals surface area contributed by atoms with E-state index < -0.39 is 18.0 Å². The van der Waals surface area contributed by atoms with Crippen molar-refractivity contribution in [3.63, 3.8) is 0 Å². The van der Waals surface area contributed by atoms with Crippen LogP contribution in [0.15, 0.2) is 48.5 Å². The summed E-state index contributed by atoms with van der Waals surface area (Å²) in [5, 5.41) is 3.14. The molecule has 2 rings (SSSR count). The molecule has 6 nitrogen and oxygen atoms in total. The van der Waals surface area contributed by atoms with Crippen molar-refractivity contribution < 1.29 is 23.8 Å². The summed E-state index contributed by atoms with van der Waals surface area (Å²) >= 11 is 5.83. The Morgan fingerprint density at radius 3 is 2.64 bits per heavy atom. The minimum absolute atomic E-state index is 0.327. The normalized spacial score (nSPS) is 11.3. The zero-order valence-corrected chi connectivity index (χ0v) is 14.6. The van der Waals surface area contributed by atoms with Gasteiger partial charge in [-0.05, 0) is 37.3 Å². The minimum atomic E-state index is -0.986. The Balaban J connectivity index is 1.84. The molecule has 0 bridgehead atoms. The number of ether oxygens (including phenoxy) is 3. The van der Waals surface area contributed by atoms with Crippen LogP contribution in [-0.2, 0) is 14.3 Å². The molecule has 0 aliphatic carbocycles. The highest BCUT2D eigenvalue weighted by molar-refractivity contribution is 6.30. The van der Waals surface area contributed by atoms with Crippen molar-refractivity contribution in [2.75, 3.05) is 19.0 Å². The molecule has 0 spiro atoms. The summed E-state index contributed by atoms with van der Waals surface area (Å²) < 4.78 is 15.5. The lowest BCUT2D eigenvalue weighted by atomic mass is 10.2. The predicted octanol–water partition coefficient (Wildman–Crippen LogP) is 3.30. The maximum atomic E-state index is 12.1. The van der Waals surface area contributed by atoms with Crippen molar-refractivity contribution in [2.45, 2.75) is 13.0 Å². The van der Waals surface area contributed by atoms with Crippen molar-refractivity contribution >= 4 is 29.2 Å². The summed E-state index contributed by atoms with van der Waals surface area (Å²) in [6.07, 6.45) is -0.986. The maximum Gasteiger partial charge on any atom is 0.344 e. The third-order valence-electron chi connectivity index (χ3n) is 3.20. The van der Waals surface area contributed by atoms with Gasteiger partial charge in [-0.1, -0.05) is 29.8 Å². The molecule has 1 N–H and O–H groups in total. The van der Waals surface area contributed by atoms with Crippen LogP contribution in [-0.4, -0.2) is 31.7 Å². The van der Waals surface area contributed by atoms with E-state index in [1.54, 1.807) is 48.5 Å². The van der Waals surface area contributed by atoms with Crippen LogP contribution in [0.5, 0.6) is 11.5 Å². The quantitative estimate of drug-likeness (QED) is 0.764. The first kappa shape index (κ1) is 18.6. The first-order chi connectivity index (χ1) is 12.0. The van der Waals surface area contributed by atoms with Crippen molar-refractivity contribution in [2.24, 2.45) is 0 Å². The van der Waals surface area contributed by atoms with Gasteiger partial charge in [0.15, 0.2) is 12.7 Å². The van der Waals surface area contributed by atoms with Gasteiger partial charge in [-0.25, -0.2) is 4.79 Å². The van der Waals surface area contributed by atoms with Gasteiger partial charge in [0.2, 0.25) is 0 Å². The van der Waals surface area contributed by atoms with Crippen molar-refractivity contribution in [1.82, 2.24) is 0 Å². The van der Waals surface area contributed by atoms with E-state index in [0.29, 0.717) is 22.2 Å². The zero-order chi connectivity index (χ0) is 18.2. The third kappa shape index (κ3) is 5.69. The molecule has 0 aromatic heterocycles. The number of esters is 1. The number of anilines is 1. The second-order valence-corrected chi connectivity index (χ2v) is 5.50. The van der Waals surface area contributed by atoms with Crippen molar-refractivity contribution in [1.29, 1.82) is 0 Å². The van der Waals surface area contributed by atoms with Crippen molar-refractivity contribution in [3.8, 4) is 11.5 Å². The molecule has 0 aliphatic rings. The first-order valence-electron chi connectivity index (χ1n) is 7.51. The molecule has 132 valence electrons. The van der Waals surface area contributed by atoms with Gasteiger partial charge in [0.05, 0.1) is 12.8 Å². The van der Waals surface area contributed by atoms with Crippen molar-refractivity contribution in [3.05, 3.63) is 53.6 Å². The highest BCUT2D eigenvalue weighted by Gasteiger charge is 2.19. The van der Waals surface area contributed by atoms with Crippen LogP contribution in [0.25, 0.3) is 0 Å². The average molecular weight is 364 g/mol. The van der Waals surface area contributed by atoms with Crippen LogP contribution < -0.4 is 14.8 Å². The summed E-state index contributed by atoms with van der Waals surface area (Å²) in [4.78, 5) is 23.9. The Bertz CT molecular complexity index is 750. The predicted molar refractivity (Wildman–Crippen MR) is 94.1 cm³/mol. The molecule has 0 saturated carbocycles. The van der Waals surface area contributed by atoms with Gasteiger partial charge in [-0.2, -0.15) is 0 Å². The highest BCUT2D eigenvalue weighted by Crippen LogP contribution is 2.23. The fraction of sp³-hybridized carbons (Fsp3) is 0.222. The number of para-hydroxylation sites is 2. The smallest absolute Gasteiger partial charge is 0.344 e. The lowest BCUT2D eigenvalue weighted by Crippen LogP contribution is -2.31. The molecule has 1 atom stereocenters. The lowest BCUT2D eigenvalue weighted by molar-refractivity contribution is -0.155. The van der Waals surface area contributed by atoms with Gasteiger partial charge in [-0.3, -0.25) is 4.79 Å². The fourth-order valence-electron chi connectivity index (χ4n) is 1.97. The Kier molecular flexibility index (Phi) is 6.65. The summed E-state index contributed by atoms with van der Waals surface area (Å²) in [5.41, 5.74) is 0.494. The van der Waals surface area contributed by atoms with Gasteiger partial charge >= 0.3 is 5.97 Å². The molecule has 0 heterocycles. The number of carbonyl (C=O) groups excluding carboxylic acids is 2. The molecular weight excluding hydrogens is 346 g/mol. The molecule has 0 radical (unpaired) electrons. The first-order valence-corrected chi connectivity index (χ1v) is 7.89. The number of carbonyl (C=O) groups is 2. The second kappa shape index (κ2) is 8.94. The average Bonchev–Trinajstić information content (AvgIpc) is 2.60. The number of rotatable bonds is 7. The van der Waals surface area contributed by atoms with Crippen LogP contribution in [0, 0.1) is 0 Å². The third-order valence-corrected chi connectivity index (χ3v) is 3.43. The van der Waals surface area contributed by atoms with E-state index in [2.05, 4.69) is 5.32 Å². The van der Waals surface area contributed by atoms with Gasteiger partial charge in [0, 0.05) is 5.02 Å². The summed E-state index contributed by atoms with van der Waals surface area (Å²) in [5.74, 6) is -0.183. The van der Waals surface area contributed by atoms with Gasteiger partial charge in [0.1, 0.15) is 11.5 Å². The van der Waals surface area contributed by atoms with E-state index in [-0.39, 0.29) is 6.61 Å². The molecular formula is C18H18ClNO5. The van der Waals surface area contributed by atoms with E-state index in [1.165, 1.54) is 14.0 Å². The Labute approximate surface area is 150 Å². The maximum absolute atomic E-state index is 12.1. The summed E-state index contributed by atoms with van der Waals surface area (Å²) in [6.45, 7) is 1.15. The van der Waals surface area contributed by atoms with Crippen LogP contribution in [0.4, 0.5) is 5.69 Å². The molecule has 2 aromatic rings. The largest absolute Gasteiger partial charge is 0.495 e. The SMILES string of the molecule is COc1ccccc1NC(=O)[C@@H](C)OC(=O)COc1cccc(Cl)c1. The number of halogens is 1. The van der Waals surface area contributed by atoms with Crippen LogP contribution >= 0.6 is 11.6 Å². The Morgan fingerprint density at radius 2 is 1.92 bits per heavy atom. The van der Waals surface area contributed by atoms with Gasteiger partial charge in [-0.15, -0.1) is 0 Å². The standard InChI is InChI=1S/C18H18ClNO5/c1-12(18(22)20-15-8-3-4-9-16(15)23-2)25-17(21)11-24-14-7-5-6-13(19)10-14/h3-10,12H,11H2,1-2H3,(H,20,22)/t12-/m1/s1. The van der Waals surface area contributed by atoms with E-state index in [0.717, 1.165) is 0 Å². The molecule has 0 unspecified atom stereocenters. The van der Waals surface area contributed by atoms with E-state index in [4.69, 9.17) is 25.8 Å². The second-order valence-electron chi connectivity index (χ2n) is 5.07.